The standard InChI is InChI=1S/C12H22O3/c1-11(13)9-7-5-3-2-4-6-8-10-12(14)15/h5,7,11,13H,2-4,6,8-10H2,1H3,(H,14,15)/b7-5+. The van der Waals surface area contributed by atoms with Gasteiger partial charge >= 0.3 is 5.97 Å². The quantitative estimate of drug-likeness (QED) is 0.458. The molecule has 0 spiro atoms. The predicted molar refractivity (Wildman–Crippen MR) is 60.8 cm³/mol. The molecule has 0 rings (SSSR count). The van der Waals surface area contributed by atoms with Gasteiger partial charge in [0.1, 0.15) is 0 Å². The number of aliphatic hydroxyl groups is 1. The average molecular weight is 214 g/mol. The summed E-state index contributed by atoms with van der Waals surface area (Å²) in [6, 6.07) is 0. The molecule has 0 saturated carbocycles. The third kappa shape index (κ3) is 13.2. The molecule has 1 atom stereocenters. The maximum atomic E-state index is 10.2. The molecular formula is C12H22O3. The zero-order valence-corrected chi connectivity index (χ0v) is 9.48. The van der Waals surface area contributed by atoms with E-state index in [1.54, 1.807) is 6.92 Å². The number of aliphatic hydroxyl groups excluding tert-OH is 1. The summed E-state index contributed by atoms with van der Waals surface area (Å²) < 4.78 is 0. The summed E-state index contributed by atoms with van der Waals surface area (Å²) in [5, 5.41) is 17.4. The molecular weight excluding hydrogens is 192 g/mol. The third-order valence-corrected chi connectivity index (χ3v) is 2.16. The van der Waals surface area contributed by atoms with Crippen molar-refractivity contribution >= 4 is 5.97 Å². The summed E-state index contributed by atoms with van der Waals surface area (Å²) in [5.41, 5.74) is 0. The molecule has 0 aliphatic rings. The van der Waals surface area contributed by atoms with Gasteiger partial charge in [-0.1, -0.05) is 25.0 Å². The van der Waals surface area contributed by atoms with Crippen molar-refractivity contribution in [2.75, 3.05) is 0 Å². The Bertz CT molecular complexity index is 185. The summed E-state index contributed by atoms with van der Waals surface area (Å²) in [5.74, 6) is -0.702. The molecule has 0 saturated heterocycles. The Kier molecular flexibility index (Phi) is 9.18. The molecule has 0 aromatic carbocycles. The van der Waals surface area contributed by atoms with Crippen LogP contribution < -0.4 is 0 Å². The molecule has 0 aromatic rings. The van der Waals surface area contributed by atoms with Gasteiger partial charge in [0.05, 0.1) is 6.10 Å². The van der Waals surface area contributed by atoms with Gasteiger partial charge in [0.25, 0.3) is 0 Å². The first kappa shape index (κ1) is 14.2. The second kappa shape index (κ2) is 9.71. The van der Waals surface area contributed by atoms with E-state index < -0.39 is 5.97 Å². The largest absolute Gasteiger partial charge is 0.481 e. The number of aliphatic carboxylic acids is 1. The van der Waals surface area contributed by atoms with Crippen molar-refractivity contribution in [3.8, 4) is 0 Å². The number of hydrogen-bond acceptors (Lipinski definition) is 2. The van der Waals surface area contributed by atoms with Crippen LogP contribution in [0.2, 0.25) is 0 Å². The van der Waals surface area contributed by atoms with Crippen LogP contribution in [0, 0.1) is 0 Å². The number of hydrogen-bond donors (Lipinski definition) is 2. The van der Waals surface area contributed by atoms with Crippen molar-refractivity contribution in [2.45, 2.75) is 58.0 Å². The van der Waals surface area contributed by atoms with E-state index in [-0.39, 0.29) is 12.5 Å². The van der Waals surface area contributed by atoms with Gasteiger partial charge in [0.2, 0.25) is 0 Å². The molecule has 0 amide bonds. The Morgan fingerprint density at radius 3 is 2.47 bits per heavy atom. The first-order chi connectivity index (χ1) is 7.13. The molecule has 0 radical (unpaired) electrons. The van der Waals surface area contributed by atoms with E-state index in [1.807, 2.05) is 6.08 Å². The maximum absolute atomic E-state index is 10.2. The number of carboxylic acid groups (broad SMARTS) is 1. The van der Waals surface area contributed by atoms with Crippen molar-refractivity contribution in [1.29, 1.82) is 0 Å². The van der Waals surface area contributed by atoms with Crippen molar-refractivity contribution < 1.29 is 15.0 Å². The van der Waals surface area contributed by atoms with E-state index in [4.69, 9.17) is 10.2 Å². The number of carboxylic acids is 1. The topological polar surface area (TPSA) is 57.5 Å². The zero-order chi connectivity index (χ0) is 11.5. The Hall–Kier alpha value is -0.830. The minimum Gasteiger partial charge on any atom is -0.481 e. The second-order valence-corrected chi connectivity index (χ2v) is 3.90. The second-order valence-electron chi connectivity index (χ2n) is 3.90. The van der Waals surface area contributed by atoms with Crippen LogP contribution in [0.25, 0.3) is 0 Å². The predicted octanol–water partition coefficient (Wildman–Crippen LogP) is 2.74. The minimum atomic E-state index is -0.702. The third-order valence-electron chi connectivity index (χ3n) is 2.16. The van der Waals surface area contributed by atoms with Gasteiger partial charge in [0.15, 0.2) is 0 Å². The molecule has 0 fully saturated rings. The fraction of sp³-hybridized carbons (Fsp3) is 0.750. The van der Waals surface area contributed by atoms with Gasteiger partial charge in [-0.2, -0.15) is 0 Å². The first-order valence-corrected chi connectivity index (χ1v) is 5.67. The summed E-state index contributed by atoms with van der Waals surface area (Å²) in [4.78, 5) is 10.2. The Morgan fingerprint density at radius 1 is 1.20 bits per heavy atom. The van der Waals surface area contributed by atoms with Gasteiger partial charge < -0.3 is 10.2 Å². The molecule has 0 heterocycles. The lowest BCUT2D eigenvalue weighted by Crippen LogP contribution is -1.95. The molecule has 88 valence electrons. The van der Waals surface area contributed by atoms with Gasteiger partial charge in [-0.3, -0.25) is 4.79 Å². The van der Waals surface area contributed by atoms with E-state index in [1.165, 1.54) is 0 Å². The minimum absolute atomic E-state index is 0.253. The van der Waals surface area contributed by atoms with Crippen molar-refractivity contribution in [2.24, 2.45) is 0 Å². The van der Waals surface area contributed by atoms with Crippen LogP contribution >= 0.6 is 0 Å². The highest BCUT2D eigenvalue weighted by Crippen LogP contribution is 2.06. The van der Waals surface area contributed by atoms with Gasteiger partial charge in [-0.05, 0) is 32.6 Å². The molecule has 0 aromatic heterocycles. The van der Waals surface area contributed by atoms with Gasteiger partial charge in [-0.15, -0.1) is 0 Å². The molecule has 2 N–H and O–H groups in total. The van der Waals surface area contributed by atoms with Crippen molar-refractivity contribution in [1.82, 2.24) is 0 Å². The smallest absolute Gasteiger partial charge is 0.303 e. The van der Waals surface area contributed by atoms with Crippen LogP contribution in [0.4, 0.5) is 0 Å². The van der Waals surface area contributed by atoms with E-state index in [0.29, 0.717) is 0 Å². The van der Waals surface area contributed by atoms with Crippen LogP contribution in [-0.4, -0.2) is 22.3 Å². The number of carbonyl (C=O) groups is 1. The monoisotopic (exact) mass is 214 g/mol. The summed E-state index contributed by atoms with van der Waals surface area (Å²) in [6.07, 6.45) is 9.85. The van der Waals surface area contributed by atoms with Crippen LogP contribution in [0.1, 0.15) is 51.9 Å². The van der Waals surface area contributed by atoms with E-state index in [0.717, 1.165) is 38.5 Å². The Labute approximate surface area is 91.8 Å². The lowest BCUT2D eigenvalue weighted by molar-refractivity contribution is -0.137. The molecule has 0 aliphatic carbocycles. The lowest BCUT2D eigenvalue weighted by atomic mass is 10.1. The highest BCUT2D eigenvalue weighted by atomic mass is 16.4. The average Bonchev–Trinajstić information content (AvgIpc) is 2.14. The zero-order valence-electron chi connectivity index (χ0n) is 9.48. The lowest BCUT2D eigenvalue weighted by Gasteiger charge is -1.98. The Balaban J connectivity index is 3.11. The van der Waals surface area contributed by atoms with E-state index in [9.17, 15) is 4.79 Å². The van der Waals surface area contributed by atoms with Gasteiger partial charge in [-0.25, -0.2) is 0 Å². The van der Waals surface area contributed by atoms with Crippen LogP contribution in [0.15, 0.2) is 12.2 Å². The Morgan fingerprint density at radius 2 is 1.87 bits per heavy atom. The number of allylic oxidation sites excluding steroid dienone is 1. The number of rotatable bonds is 9. The van der Waals surface area contributed by atoms with Gasteiger partial charge in [0, 0.05) is 6.42 Å². The molecule has 0 aliphatic heterocycles. The maximum Gasteiger partial charge on any atom is 0.303 e. The van der Waals surface area contributed by atoms with E-state index >= 15 is 0 Å². The SMILES string of the molecule is CC(O)C/C=C/CCCCCCC(=O)O. The summed E-state index contributed by atoms with van der Waals surface area (Å²) in [6.45, 7) is 1.77. The molecule has 0 bridgehead atoms. The molecule has 1 unspecified atom stereocenters. The first-order valence-electron chi connectivity index (χ1n) is 5.67. The summed E-state index contributed by atoms with van der Waals surface area (Å²) >= 11 is 0. The highest BCUT2D eigenvalue weighted by molar-refractivity contribution is 5.66. The molecule has 15 heavy (non-hydrogen) atoms. The molecule has 3 nitrogen and oxygen atoms in total. The fourth-order valence-corrected chi connectivity index (χ4v) is 1.30. The van der Waals surface area contributed by atoms with Crippen LogP contribution in [0.5, 0.6) is 0 Å². The summed E-state index contributed by atoms with van der Waals surface area (Å²) in [7, 11) is 0. The van der Waals surface area contributed by atoms with Crippen molar-refractivity contribution in [3.63, 3.8) is 0 Å². The highest BCUT2D eigenvalue weighted by Gasteiger charge is 1.95. The van der Waals surface area contributed by atoms with E-state index in [2.05, 4.69) is 6.08 Å². The van der Waals surface area contributed by atoms with Crippen molar-refractivity contribution in [3.05, 3.63) is 12.2 Å². The molecule has 3 heteroatoms. The van der Waals surface area contributed by atoms with Crippen LogP contribution in [-0.2, 0) is 4.79 Å². The normalized spacial score (nSPS) is 13.2. The fourth-order valence-electron chi connectivity index (χ4n) is 1.30. The van der Waals surface area contributed by atoms with Crippen LogP contribution in [0.3, 0.4) is 0 Å². The number of unbranched alkanes of at least 4 members (excludes halogenated alkanes) is 4.